The summed E-state index contributed by atoms with van der Waals surface area (Å²) in [5, 5.41) is 6.02. The van der Waals surface area contributed by atoms with E-state index < -0.39 is 23.8 Å². The molecule has 9 heteroatoms. The van der Waals surface area contributed by atoms with E-state index in [1.807, 2.05) is 32.0 Å². The lowest BCUT2D eigenvalue weighted by Gasteiger charge is -2.31. The molecule has 232 valence electrons. The predicted molar refractivity (Wildman–Crippen MR) is 160 cm³/mol. The van der Waals surface area contributed by atoms with Crippen LogP contribution in [0.4, 0.5) is 10.5 Å². The standard InChI is InChI=1S/C32H52N2O7/c1-10-22-12-13-27(39-15-11-14-38-9)25(16-22)33-29(35)18-23(20(2)3)17-26(34-31(37)41-32(6,7)8)28-19-24(21(4)5)30(36)40-28/h12-13,16,20-21,23-24,26,28H,10-11,14-15,17-19H2,1-9H3,(H,33,35)(H,34,37)/t23-,24+,26+,28+/m1/s1. The minimum absolute atomic E-state index is 0.0906. The van der Waals surface area contributed by atoms with E-state index in [2.05, 4.69) is 31.4 Å². The third-order valence-corrected chi connectivity index (χ3v) is 7.44. The van der Waals surface area contributed by atoms with Gasteiger partial charge in [0.1, 0.15) is 17.5 Å². The van der Waals surface area contributed by atoms with Crippen LogP contribution in [-0.2, 0) is 30.2 Å². The summed E-state index contributed by atoms with van der Waals surface area (Å²) in [6.45, 7) is 16.6. The SMILES string of the molecule is CCc1ccc(OCCCOC)c(NC(=O)C[C@@H](C[C@H](NC(=O)OC(C)(C)C)[C@@H]2C[C@@H](C(C)C)C(=O)O2)C(C)C)c1. The molecule has 0 unspecified atom stereocenters. The zero-order valence-electron chi connectivity index (χ0n) is 26.5. The number of carbonyl (C=O) groups excluding carboxylic acids is 3. The van der Waals surface area contributed by atoms with Crippen LogP contribution in [0.3, 0.4) is 0 Å². The van der Waals surface area contributed by atoms with E-state index in [-0.39, 0.29) is 42.0 Å². The van der Waals surface area contributed by atoms with Gasteiger partial charge in [0.15, 0.2) is 0 Å². The second-order valence-corrected chi connectivity index (χ2v) is 12.7. The smallest absolute Gasteiger partial charge is 0.408 e. The monoisotopic (exact) mass is 576 g/mol. The molecular weight excluding hydrogens is 524 g/mol. The highest BCUT2D eigenvalue weighted by atomic mass is 16.6. The van der Waals surface area contributed by atoms with E-state index in [1.54, 1.807) is 27.9 Å². The first kappa shape index (κ1) is 34.4. The molecule has 0 spiro atoms. The number of cyclic esters (lactones) is 1. The zero-order valence-corrected chi connectivity index (χ0v) is 26.5. The quantitative estimate of drug-likeness (QED) is 0.191. The van der Waals surface area contributed by atoms with Gasteiger partial charge in [-0.1, -0.05) is 40.7 Å². The Hall–Kier alpha value is -2.81. The molecule has 0 aliphatic carbocycles. The number of aryl methyl sites for hydroxylation is 1. The molecule has 1 aromatic carbocycles. The van der Waals surface area contributed by atoms with Gasteiger partial charge in [0.25, 0.3) is 0 Å². The average Bonchev–Trinajstić information content (AvgIpc) is 3.27. The molecule has 0 bridgehead atoms. The van der Waals surface area contributed by atoms with Gasteiger partial charge in [-0.3, -0.25) is 9.59 Å². The third-order valence-electron chi connectivity index (χ3n) is 7.44. The van der Waals surface area contributed by atoms with Gasteiger partial charge in [0, 0.05) is 26.6 Å². The fourth-order valence-corrected chi connectivity index (χ4v) is 4.95. The lowest BCUT2D eigenvalue weighted by molar-refractivity contribution is -0.146. The number of amides is 2. The van der Waals surface area contributed by atoms with Gasteiger partial charge in [-0.05, 0) is 75.5 Å². The van der Waals surface area contributed by atoms with Gasteiger partial charge in [0.05, 0.1) is 24.3 Å². The average molecular weight is 577 g/mol. The van der Waals surface area contributed by atoms with Gasteiger partial charge in [0.2, 0.25) is 5.91 Å². The van der Waals surface area contributed by atoms with Crippen LogP contribution in [0, 0.1) is 23.7 Å². The number of nitrogens with one attached hydrogen (secondary N) is 2. The van der Waals surface area contributed by atoms with Crippen molar-refractivity contribution in [3.8, 4) is 5.75 Å². The maximum Gasteiger partial charge on any atom is 0.408 e. The Balaban J connectivity index is 2.20. The molecule has 2 rings (SSSR count). The predicted octanol–water partition coefficient (Wildman–Crippen LogP) is 6.14. The van der Waals surface area contributed by atoms with Crippen LogP contribution in [0.25, 0.3) is 0 Å². The minimum Gasteiger partial charge on any atom is -0.491 e. The molecule has 0 radical (unpaired) electrons. The number of hydrogen-bond acceptors (Lipinski definition) is 7. The van der Waals surface area contributed by atoms with Gasteiger partial charge in [-0.15, -0.1) is 0 Å². The fraction of sp³-hybridized carbons (Fsp3) is 0.719. The first-order valence-electron chi connectivity index (χ1n) is 15.0. The van der Waals surface area contributed by atoms with E-state index in [1.165, 1.54) is 0 Å². The molecule has 1 aliphatic heterocycles. The van der Waals surface area contributed by atoms with Crippen molar-refractivity contribution in [3.63, 3.8) is 0 Å². The Morgan fingerprint density at radius 3 is 2.39 bits per heavy atom. The Bertz CT molecular complexity index is 1000. The van der Waals surface area contributed by atoms with E-state index in [0.29, 0.717) is 37.5 Å². The van der Waals surface area contributed by atoms with Gasteiger partial charge in [-0.25, -0.2) is 4.79 Å². The number of carbonyl (C=O) groups is 3. The molecule has 1 heterocycles. The van der Waals surface area contributed by atoms with Crippen molar-refractivity contribution in [1.82, 2.24) is 5.32 Å². The van der Waals surface area contributed by atoms with Gasteiger partial charge >= 0.3 is 12.1 Å². The minimum atomic E-state index is -0.671. The number of rotatable bonds is 15. The summed E-state index contributed by atoms with van der Waals surface area (Å²) in [6.07, 6.45) is 1.73. The highest BCUT2D eigenvalue weighted by Gasteiger charge is 2.42. The molecule has 41 heavy (non-hydrogen) atoms. The molecule has 0 aromatic heterocycles. The number of ether oxygens (including phenoxy) is 4. The van der Waals surface area contributed by atoms with Crippen molar-refractivity contribution in [2.24, 2.45) is 23.7 Å². The third kappa shape index (κ3) is 11.5. The molecule has 1 aliphatic rings. The number of esters is 1. The van der Waals surface area contributed by atoms with Crippen LogP contribution < -0.4 is 15.4 Å². The highest BCUT2D eigenvalue weighted by Crippen LogP contribution is 2.33. The molecule has 1 fully saturated rings. The summed E-state index contributed by atoms with van der Waals surface area (Å²) in [5.74, 6) is 0.185. The summed E-state index contributed by atoms with van der Waals surface area (Å²) < 4.78 is 22.3. The first-order valence-corrected chi connectivity index (χ1v) is 15.0. The molecule has 1 aromatic rings. The van der Waals surface area contributed by atoms with E-state index in [0.717, 1.165) is 18.4 Å². The number of methoxy groups -OCH3 is 1. The van der Waals surface area contributed by atoms with E-state index in [4.69, 9.17) is 18.9 Å². The summed E-state index contributed by atoms with van der Waals surface area (Å²) in [7, 11) is 1.65. The molecule has 0 saturated carbocycles. The van der Waals surface area contributed by atoms with Crippen LogP contribution in [-0.4, -0.2) is 56.0 Å². The summed E-state index contributed by atoms with van der Waals surface area (Å²) in [6, 6.07) is 5.35. The Morgan fingerprint density at radius 2 is 1.83 bits per heavy atom. The maximum atomic E-state index is 13.4. The second-order valence-electron chi connectivity index (χ2n) is 12.7. The van der Waals surface area contributed by atoms with Crippen molar-refractivity contribution in [2.45, 2.75) is 105 Å². The van der Waals surface area contributed by atoms with Crippen LogP contribution in [0.1, 0.15) is 86.6 Å². The van der Waals surface area contributed by atoms with Gasteiger partial charge < -0.3 is 29.6 Å². The maximum absolute atomic E-state index is 13.4. The molecular formula is C32H52N2O7. The number of hydrogen-bond donors (Lipinski definition) is 2. The topological polar surface area (TPSA) is 112 Å². The van der Waals surface area contributed by atoms with Crippen LogP contribution >= 0.6 is 0 Å². The van der Waals surface area contributed by atoms with Crippen LogP contribution in [0.2, 0.25) is 0 Å². The van der Waals surface area contributed by atoms with Crippen molar-refractivity contribution in [2.75, 3.05) is 25.6 Å². The number of benzene rings is 1. The van der Waals surface area contributed by atoms with Crippen molar-refractivity contribution in [3.05, 3.63) is 23.8 Å². The van der Waals surface area contributed by atoms with Crippen LogP contribution in [0.15, 0.2) is 18.2 Å². The molecule has 9 nitrogen and oxygen atoms in total. The Morgan fingerprint density at radius 1 is 1.12 bits per heavy atom. The van der Waals surface area contributed by atoms with Crippen molar-refractivity contribution >= 4 is 23.7 Å². The number of alkyl carbamates (subject to hydrolysis) is 1. The Kier molecular flexibility index (Phi) is 13.4. The lowest BCUT2D eigenvalue weighted by Crippen LogP contribution is -2.47. The fourth-order valence-electron chi connectivity index (χ4n) is 4.95. The van der Waals surface area contributed by atoms with Crippen molar-refractivity contribution in [1.29, 1.82) is 0 Å². The van der Waals surface area contributed by atoms with Crippen molar-refractivity contribution < 1.29 is 33.3 Å². The summed E-state index contributed by atoms with van der Waals surface area (Å²) in [5.41, 5.74) is 1.06. The Labute approximate surface area is 246 Å². The normalized spacial score (nSPS) is 18.7. The number of anilines is 1. The lowest BCUT2D eigenvalue weighted by atomic mass is 9.83. The van der Waals surface area contributed by atoms with Crippen LogP contribution in [0.5, 0.6) is 5.75 Å². The molecule has 2 amide bonds. The first-order chi connectivity index (χ1) is 19.2. The summed E-state index contributed by atoms with van der Waals surface area (Å²) >= 11 is 0. The zero-order chi connectivity index (χ0) is 30.7. The molecule has 4 atom stereocenters. The highest BCUT2D eigenvalue weighted by molar-refractivity contribution is 5.92. The molecule has 1 saturated heterocycles. The molecule has 2 N–H and O–H groups in total. The van der Waals surface area contributed by atoms with Gasteiger partial charge in [-0.2, -0.15) is 0 Å². The largest absolute Gasteiger partial charge is 0.491 e. The van der Waals surface area contributed by atoms with E-state index >= 15 is 0 Å². The second kappa shape index (κ2) is 16.0. The van der Waals surface area contributed by atoms with E-state index in [9.17, 15) is 14.4 Å². The summed E-state index contributed by atoms with van der Waals surface area (Å²) in [4.78, 5) is 38.8.